The summed E-state index contributed by atoms with van der Waals surface area (Å²) in [6, 6.07) is 2.05. The zero-order valence-corrected chi connectivity index (χ0v) is 11.8. The molecule has 2 aromatic heterocycles. The molecule has 20 heavy (non-hydrogen) atoms. The largest absolute Gasteiger partial charge is 0.359 e. The topological polar surface area (TPSA) is 63.1 Å². The highest BCUT2D eigenvalue weighted by atomic mass is 16.1. The number of amides is 1. The van der Waals surface area contributed by atoms with Crippen molar-refractivity contribution >= 4 is 22.8 Å². The molecule has 3 heterocycles. The van der Waals surface area contributed by atoms with Crippen LogP contribution in [0.2, 0.25) is 0 Å². The minimum absolute atomic E-state index is 0.129. The molecule has 0 spiro atoms. The number of hydrogen-bond acceptors (Lipinski definition) is 4. The summed E-state index contributed by atoms with van der Waals surface area (Å²) in [6.45, 7) is 1.72. The predicted octanol–water partition coefficient (Wildman–Crippen LogP) is 0.931. The molecule has 2 aromatic rings. The van der Waals surface area contributed by atoms with Gasteiger partial charge in [-0.1, -0.05) is 0 Å². The fourth-order valence-corrected chi connectivity index (χ4v) is 2.87. The van der Waals surface area contributed by atoms with Gasteiger partial charge in [-0.3, -0.25) is 4.79 Å². The van der Waals surface area contributed by atoms with Crippen LogP contribution in [-0.2, 0) is 11.8 Å². The maximum absolute atomic E-state index is 11.7. The van der Waals surface area contributed by atoms with Crippen LogP contribution in [0.4, 0.5) is 5.82 Å². The number of hydrogen-bond donors (Lipinski definition) is 1. The van der Waals surface area contributed by atoms with E-state index in [0.717, 1.165) is 42.8 Å². The van der Waals surface area contributed by atoms with Crippen LogP contribution in [0, 0.1) is 5.92 Å². The van der Waals surface area contributed by atoms with Crippen LogP contribution in [0.5, 0.6) is 0 Å². The van der Waals surface area contributed by atoms with Gasteiger partial charge < -0.3 is 14.8 Å². The molecule has 1 aliphatic heterocycles. The monoisotopic (exact) mass is 273 g/mol. The first-order valence-electron chi connectivity index (χ1n) is 6.93. The Hall–Kier alpha value is -2.11. The summed E-state index contributed by atoms with van der Waals surface area (Å²) in [5.41, 5.74) is 0.948. The molecular weight excluding hydrogens is 254 g/mol. The van der Waals surface area contributed by atoms with Crippen molar-refractivity contribution in [3.63, 3.8) is 0 Å². The van der Waals surface area contributed by atoms with E-state index in [0.29, 0.717) is 0 Å². The molecule has 1 saturated heterocycles. The number of carbonyl (C=O) groups is 1. The summed E-state index contributed by atoms with van der Waals surface area (Å²) < 4.78 is 2.00. The molecule has 0 saturated carbocycles. The summed E-state index contributed by atoms with van der Waals surface area (Å²) >= 11 is 0. The minimum atomic E-state index is 0.129. The van der Waals surface area contributed by atoms with Crippen LogP contribution in [0.25, 0.3) is 11.0 Å². The van der Waals surface area contributed by atoms with E-state index in [1.165, 1.54) is 0 Å². The second kappa shape index (κ2) is 5.11. The Bertz CT molecular complexity index is 628. The summed E-state index contributed by atoms with van der Waals surface area (Å²) in [4.78, 5) is 22.7. The van der Waals surface area contributed by atoms with Crippen LogP contribution in [0.1, 0.15) is 12.8 Å². The number of nitrogens with one attached hydrogen (secondary N) is 1. The highest BCUT2D eigenvalue weighted by Crippen LogP contribution is 2.27. The number of anilines is 1. The summed E-state index contributed by atoms with van der Waals surface area (Å²) in [7, 11) is 3.68. The van der Waals surface area contributed by atoms with Gasteiger partial charge in [-0.15, -0.1) is 0 Å². The number of piperidine rings is 1. The van der Waals surface area contributed by atoms with Gasteiger partial charge in [0.25, 0.3) is 0 Å². The Morgan fingerprint density at radius 3 is 2.80 bits per heavy atom. The molecule has 0 aromatic carbocycles. The van der Waals surface area contributed by atoms with Gasteiger partial charge in [0.1, 0.15) is 17.8 Å². The quantitative estimate of drug-likeness (QED) is 0.884. The maximum Gasteiger partial charge on any atom is 0.222 e. The first-order valence-corrected chi connectivity index (χ1v) is 6.93. The third kappa shape index (κ3) is 2.11. The number of rotatable bonds is 2. The molecule has 3 rings (SSSR count). The number of nitrogens with zero attached hydrogens (tertiary/aromatic N) is 4. The molecule has 0 bridgehead atoms. The number of aryl methyl sites for hydroxylation is 1. The molecule has 0 atom stereocenters. The highest BCUT2D eigenvalue weighted by Gasteiger charge is 2.25. The van der Waals surface area contributed by atoms with Gasteiger partial charge in [0.2, 0.25) is 5.91 Å². The van der Waals surface area contributed by atoms with Crippen LogP contribution < -0.4 is 10.2 Å². The van der Waals surface area contributed by atoms with Gasteiger partial charge in [0, 0.05) is 39.3 Å². The molecule has 0 aliphatic carbocycles. The van der Waals surface area contributed by atoms with E-state index < -0.39 is 0 Å². The lowest BCUT2D eigenvalue weighted by Gasteiger charge is -2.32. The Labute approximate surface area is 117 Å². The van der Waals surface area contributed by atoms with Gasteiger partial charge in [-0.2, -0.15) is 0 Å². The number of fused-ring (bicyclic) bond motifs is 1. The minimum Gasteiger partial charge on any atom is -0.359 e. The molecule has 106 valence electrons. The van der Waals surface area contributed by atoms with E-state index in [-0.39, 0.29) is 11.8 Å². The van der Waals surface area contributed by atoms with Crippen LogP contribution >= 0.6 is 0 Å². The van der Waals surface area contributed by atoms with E-state index in [9.17, 15) is 4.79 Å². The number of aromatic nitrogens is 3. The van der Waals surface area contributed by atoms with Crippen molar-refractivity contribution in [1.82, 2.24) is 19.9 Å². The van der Waals surface area contributed by atoms with Gasteiger partial charge in [0.15, 0.2) is 0 Å². The number of carbonyl (C=O) groups excluding carboxylic acids is 1. The molecule has 6 nitrogen and oxygen atoms in total. The summed E-state index contributed by atoms with van der Waals surface area (Å²) in [5, 5.41) is 3.81. The van der Waals surface area contributed by atoms with E-state index in [2.05, 4.69) is 26.3 Å². The fourth-order valence-electron chi connectivity index (χ4n) is 2.87. The predicted molar refractivity (Wildman–Crippen MR) is 77.5 cm³/mol. The SMILES string of the molecule is CNC(=O)C1CCN(c2ncnc3c2ccn3C)CC1. The smallest absolute Gasteiger partial charge is 0.222 e. The Morgan fingerprint density at radius 2 is 2.10 bits per heavy atom. The van der Waals surface area contributed by atoms with Gasteiger partial charge >= 0.3 is 0 Å². The second-order valence-electron chi connectivity index (χ2n) is 5.24. The molecule has 0 radical (unpaired) electrons. The van der Waals surface area contributed by atoms with E-state index in [4.69, 9.17) is 0 Å². The zero-order valence-electron chi connectivity index (χ0n) is 11.8. The van der Waals surface area contributed by atoms with Crippen molar-refractivity contribution in [3.8, 4) is 0 Å². The lowest BCUT2D eigenvalue weighted by Crippen LogP contribution is -2.40. The summed E-state index contributed by atoms with van der Waals surface area (Å²) in [6.07, 6.45) is 5.36. The Balaban J connectivity index is 1.82. The van der Waals surface area contributed by atoms with Crippen molar-refractivity contribution in [2.75, 3.05) is 25.0 Å². The normalized spacial score (nSPS) is 16.6. The average molecular weight is 273 g/mol. The van der Waals surface area contributed by atoms with Crippen LogP contribution in [-0.4, -0.2) is 40.6 Å². The van der Waals surface area contributed by atoms with Crippen molar-refractivity contribution in [1.29, 1.82) is 0 Å². The van der Waals surface area contributed by atoms with Crippen molar-refractivity contribution in [2.24, 2.45) is 13.0 Å². The van der Waals surface area contributed by atoms with Crippen molar-refractivity contribution < 1.29 is 4.79 Å². The molecule has 1 fully saturated rings. The lowest BCUT2D eigenvalue weighted by molar-refractivity contribution is -0.125. The van der Waals surface area contributed by atoms with Gasteiger partial charge in [-0.05, 0) is 18.9 Å². The zero-order chi connectivity index (χ0) is 14.1. The third-order valence-electron chi connectivity index (χ3n) is 4.05. The van der Waals surface area contributed by atoms with E-state index in [1.807, 2.05) is 17.8 Å². The standard InChI is InChI=1S/C14H19N5O/c1-15-14(20)10-3-7-19(8-4-10)13-11-5-6-18(2)12(11)16-9-17-13/h5-6,9-10H,3-4,7-8H2,1-2H3,(H,15,20). The second-order valence-corrected chi connectivity index (χ2v) is 5.24. The fraction of sp³-hybridized carbons (Fsp3) is 0.500. The molecule has 6 heteroatoms. The molecule has 1 amide bonds. The molecular formula is C14H19N5O. The first-order chi connectivity index (χ1) is 9.70. The van der Waals surface area contributed by atoms with Gasteiger partial charge in [0.05, 0.1) is 5.39 Å². The summed E-state index contributed by atoms with van der Waals surface area (Å²) in [5.74, 6) is 1.26. The third-order valence-corrected chi connectivity index (χ3v) is 4.05. The molecule has 1 N–H and O–H groups in total. The lowest BCUT2D eigenvalue weighted by atomic mass is 9.96. The molecule has 1 aliphatic rings. The van der Waals surface area contributed by atoms with Crippen molar-refractivity contribution in [3.05, 3.63) is 18.6 Å². The highest BCUT2D eigenvalue weighted by molar-refractivity contribution is 5.88. The Kier molecular flexibility index (Phi) is 3.30. The van der Waals surface area contributed by atoms with E-state index in [1.54, 1.807) is 13.4 Å². The average Bonchev–Trinajstić information content (AvgIpc) is 2.88. The van der Waals surface area contributed by atoms with Crippen LogP contribution in [0.15, 0.2) is 18.6 Å². The van der Waals surface area contributed by atoms with Crippen molar-refractivity contribution in [2.45, 2.75) is 12.8 Å². The van der Waals surface area contributed by atoms with E-state index >= 15 is 0 Å². The first kappa shape index (κ1) is 12.9. The Morgan fingerprint density at radius 1 is 1.35 bits per heavy atom. The van der Waals surface area contributed by atoms with Crippen LogP contribution in [0.3, 0.4) is 0 Å². The molecule has 0 unspecified atom stereocenters. The van der Waals surface area contributed by atoms with Gasteiger partial charge in [-0.25, -0.2) is 9.97 Å². The maximum atomic E-state index is 11.7.